The number of anilines is 1. The Kier molecular flexibility index (Phi) is 5.69. The summed E-state index contributed by atoms with van der Waals surface area (Å²) < 4.78 is 11.8. The molecule has 0 aliphatic rings. The van der Waals surface area contributed by atoms with Crippen molar-refractivity contribution in [3.05, 3.63) is 38.9 Å². The van der Waals surface area contributed by atoms with Crippen LogP contribution in [0.15, 0.2) is 32.7 Å². The van der Waals surface area contributed by atoms with Crippen molar-refractivity contribution in [1.29, 1.82) is 0 Å². The van der Waals surface area contributed by atoms with Gasteiger partial charge in [0.05, 0.1) is 30.1 Å². The van der Waals surface area contributed by atoms with Crippen LogP contribution < -0.4 is 20.6 Å². The lowest BCUT2D eigenvalue weighted by atomic mass is 10.2. The smallest absolute Gasteiger partial charge is 0.363 e. The largest absolute Gasteiger partial charge is 0.493 e. The maximum absolute atomic E-state index is 11.0. The van der Waals surface area contributed by atoms with E-state index >= 15 is 0 Å². The van der Waals surface area contributed by atoms with Gasteiger partial charge in [-0.1, -0.05) is 0 Å². The normalized spacial score (nSPS) is 11.0. The molecule has 0 radical (unpaired) electrons. The third kappa shape index (κ3) is 4.78. The summed E-state index contributed by atoms with van der Waals surface area (Å²) in [6.07, 6.45) is 2.94. The highest BCUT2D eigenvalue weighted by molar-refractivity contribution is 9.10. The Morgan fingerprint density at radius 1 is 1.43 bits per heavy atom. The summed E-state index contributed by atoms with van der Waals surface area (Å²) in [4.78, 5) is 14.7. The van der Waals surface area contributed by atoms with Crippen LogP contribution in [0.2, 0.25) is 0 Å². The fourth-order valence-electron chi connectivity index (χ4n) is 1.70. The molecule has 8 nitrogen and oxygen atoms in total. The van der Waals surface area contributed by atoms with Gasteiger partial charge < -0.3 is 9.47 Å². The number of benzene rings is 1. The second-order valence-corrected chi connectivity index (χ2v) is 5.60. The van der Waals surface area contributed by atoms with Gasteiger partial charge in [0, 0.05) is 0 Å². The van der Waals surface area contributed by atoms with Crippen molar-refractivity contribution >= 4 is 28.0 Å². The molecule has 23 heavy (non-hydrogen) atoms. The molecule has 2 aromatic rings. The Balaban J connectivity index is 2.18. The number of methoxy groups -OCH3 is 1. The van der Waals surface area contributed by atoms with E-state index in [9.17, 15) is 4.79 Å². The number of rotatable bonds is 6. The highest BCUT2D eigenvalue weighted by Gasteiger charge is 2.12. The average molecular weight is 382 g/mol. The van der Waals surface area contributed by atoms with Gasteiger partial charge in [-0.3, -0.25) is 5.43 Å². The van der Waals surface area contributed by atoms with Gasteiger partial charge in [0.1, 0.15) is 0 Å². The van der Waals surface area contributed by atoms with Gasteiger partial charge in [0.2, 0.25) is 0 Å². The molecule has 0 amide bonds. The van der Waals surface area contributed by atoms with Gasteiger partial charge in [-0.15, -0.1) is 0 Å². The van der Waals surface area contributed by atoms with E-state index < -0.39 is 5.69 Å². The third-order valence-corrected chi connectivity index (χ3v) is 3.16. The molecule has 122 valence electrons. The van der Waals surface area contributed by atoms with Gasteiger partial charge in [-0.2, -0.15) is 15.2 Å². The second kappa shape index (κ2) is 7.73. The number of hydrogen-bond donors (Lipinski definition) is 2. The van der Waals surface area contributed by atoms with Crippen molar-refractivity contribution in [2.24, 2.45) is 5.10 Å². The number of halogens is 1. The van der Waals surface area contributed by atoms with Gasteiger partial charge in [0.15, 0.2) is 17.3 Å². The Bertz CT molecular complexity index is 760. The van der Waals surface area contributed by atoms with Crippen LogP contribution in [-0.4, -0.2) is 34.6 Å². The maximum Gasteiger partial charge on any atom is 0.363 e. The van der Waals surface area contributed by atoms with Gasteiger partial charge in [-0.05, 0) is 47.5 Å². The highest BCUT2D eigenvalue weighted by Crippen LogP contribution is 2.36. The van der Waals surface area contributed by atoms with Crippen LogP contribution in [-0.2, 0) is 0 Å². The first-order valence-electron chi connectivity index (χ1n) is 6.74. The van der Waals surface area contributed by atoms with Crippen LogP contribution in [0.25, 0.3) is 0 Å². The summed E-state index contributed by atoms with van der Waals surface area (Å²) in [6.45, 7) is 3.88. The maximum atomic E-state index is 11.0. The van der Waals surface area contributed by atoms with Crippen LogP contribution in [0.5, 0.6) is 11.5 Å². The molecule has 0 saturated heterocycles. The molecule has 9 heteroatoms. The lowest BCUT2D eigenvalue weighted by Gasteiger charge is -2.15. The minimum Gasteiger partial charge on any atom is -0.493 e. The molecule has 0 spiro atoms. The van der Waals surface area contributed by atoms with Crippen molar-refractivity contribution in [2.75, 3.05) is 12.5 Å². The number of nitrogens with zero attached hydrogens (tertiary/aromatic N) is 3. The molecule has 0 unspecified atom stereocenters. The zero-order chi connectivity index (χ0) is 16.8. The van der Waals surface area contributed by atoms with Crippen LogP contribution in [0.3, 0.4) is 0 Å². The summed E-state index contributed by atoms with van der Waals surface area (Å²) in [5.41, 5.74) is 2.85. The minimum absolute atomic E-state index is 0.0242. The van der Waals surface area contributed by atoms with Gasteiger partial charge in [0.25, 0.3) is 0 Å². The standard InChI is InChI=1S/C14H16BrN5O3/c1-8(2)23-13-10(15)4-9(5-11(13)22-3)6-16-19-12-7-17-20-14(21)18-12/h4-8H,1-3H3,(H2,18,19,20,21)/b16-6+. The SMILES string of the molecule is COc1cc(/C=N/Nc2cn[nH]c(=O)n2)cc(Br)c1OC(C)C. The fraction of sp³-hybridized carbons (Fsp3) is 0.286. The molecule has 0 saturated carbocycles. The molecule has 0 atom stereocenters. The summed E-state index contributed by atoms with van der Waals surface area (Å²) in [6, 6.07) is 3.63. The number of H-pyrrole nitrogens is 1. The Hall–Kier alpha value is -2.42. The molecular weight excluding hydrogens is 366 g/mol. The summed E-state index contributed by atoms with van der Waals surface area (Å²) in [7, 11) is 1.57. The van der Waals surface area contributed by atoms with E-state index in [0.29, 0.717) is 11.5 Å². The molecule has 0 aliphatic heterocycles. The molecule has 1 heterocycles. The molecule has 1 aromatic carbocycles. The number of aromatic nitrogens is 3. The number of hydrogen-bond acceptors (Lipinski definition) is 7. The van der Waals surface area contributed by atoms with Crippen LogP contribution in [0.4, 0.5) is 5.82 Å². The molecule has 1 aromatic heterocycles. The molecule has 0 fully saturated rings. The predicted molar refractivity (Wildman–Crippen MR) is 90.3 cm³/mol. The Labute approximate surface area is 141 Å². The lowest BCUT2D eigenvalue weighted by Crippen LogP contribution is -2.13. The zero-order valence-electron chi connectivity index (χ0n) is 12.8. The molecular formula is C14H16BrN5O3. The number of aromatic amines is 1. The van der Waals surface area contributed by atoms with Crippen LogP contribution in [0.1, 0.15) is 19.4 Å². The Morgan fingerprint density at radius 2 is 2.22 bits per heavy atom. The first-order chi connectivity index (χ1) is 11.0. The van der Waals surface area contributed by atoms with E-state index in [0.717, 1.165) is 10.0 Å². The van der Waals surface area contributed by atoms with Crippen molar-refractivity contribution in [1.82, 2.24) is 15.2 Å². The minimum atomic E-state index is -0.551. The van der Waals surface area contributed by atoms with Crippen molar-refractivity contribution in [2.45, 2.75) is 20.0 Å². The van der Waals surface area contributed by atoms with Gasteiger partial charge in [-0.25, -0.2) is 9.89 Å². The molecule has 0 aliphatic carbocycles. The van der Waals surface area contributed by atoms with Crippen molar-refractivity contribution in [3.63, 3.8) is 0 Å². The average Bonchev–Trinajstić information content (AvgIpc) is 2.49. The quantitative estimate of drug-likeness (QED) is 0.587. The fourth-order valence-corrected chi connectivity index (χ4v) is 2.26. The number of ether oxygens (including phenoxy) is 2. The number of nitrogens with one attached hydrogen (secondary N) is 2. The number of hydrazone groups is 1. The van der Waals surface area contributed by atoms with E-state index in [1.54, 1.807) is 19.4 Å². The predicted octanol–water partition coefficient (Wildman–Crippen LogP) is 2.17. The van der Waals surface area contributed by atoms with E-state index in [4.69, 9.17) is 9.47 Å². The topological polar surface area (TPSA) is 101 Å². The summed E-state index contributed by atoms with van der Waals surface area (Å²) >= 11 is 3.46. The third-order valence-electron chi connectivity index (χ3n) is 2.57. The van der Waals surface area contributed by atoms with E-state index in [1.165, 1.54) is 6.20 Å². The van der Waals surface area contributed by atoms with E-state index in [2.05, 4.69) is 41.6 Å². The molecule has 2 rings (SSSR count). The Morgan fingerprint density at radius 3 is 2.87 bits per heavy atom. The molecule has 0 bridgehead atoms. The van der Waals surface area contributed by atoms with E-state index in [-0.39, 0.29) is 11.9 Å². The van der Waals surface area contributed by atoms with Crippen LogP contribution >= 0.6 is 15.9 Å². The first kappa shape index (κ1) is 16.9. The van der Waals surface area contributed by atoms with Crippen molar-refractivity contribution in [3.8, 4) is 11.5 Å². The monoisotopic (exact) mass is 381 g/mol. The van der Waals surface area contributed by atoms with Gasteiger partial charge >= 0.3 is 5.69 Å². The van der Waals surface area contributed by atoms with E-state index in [1.807, 2.05) is 19.9 Å². The first-order valence-corrected chi connectivity index (χ1v) is 7.54. The van der Waals surface area contributed by atoms with Crippen LogP contribution in [0, 0.1) is 0 Å². The summed E-state index contributed by atoms with van der Waals surface area (Å²) in [5.74, 6) is 1.47. The lowest BCUT2D eigenvalue weighted by molar-refractivity contribution is 0.228. The molecule has 2 N–H and O–H groups in total. The zero-order valence-corrected chi connectivity index (χ0v) is 14.4. The highest BCUT2D eigenvalue weighted by atomic mass is 79.9. The second-order valence-electron chi connectivity index (χ2n) is 4.74. The summed E-state index contributed by atoms with van der Waals surface area (Å²) in [5, 5.41) is 9.80. The van der Waals surface area contributed by atoms with Crippen molar-refractivity contribution < 1.29 is 9.47 Å².